The second kappa shape index (κ2) is 9.48. The molecule has 1 aromatic carbocycles. The summed E-state index contributed by atoms with van der Waals surface area (Å²) in [5.74, 6) is -0.223. The third-order valence-corrected chi connectivity index (χ3v) is 3.20. The first-order valence-electron chi connectivity index (χ1n) is 7.42. The van der Waals surface area contributed by atoms with Crippen LogP contribution >= 0.6 is 0 Å². The molecule has 1 amide bonds. The monoisotopic (exact) mass is 280 g/mol. The maximum absolute atomic E-state index is 13.0. The standard InChI is InChI=1S/C16H25FN2O/c1-3-5-6-15(13-7-9-14(17)10-8-13)19-12-16(20)18-11-4-2/h7-10,15,19H,3-6,11-12H2,1-2H3,(H,18,20). The van der Waals surface area contributed by atoms with Gasteiger partial charge in [0.15, 0.2) is 0 Å². The number of carbonyl (C=O) groups excluding carboxylic acids is 1. The van der Waals surface area contributed by atoms with Crippen LogP contribution in [0.1, 0.15) is 51.1 Å². The summed E-state index contributed by atoms with van der Waals surface area (Å²) < 4.78 is 13.0. The number of halogens is 1. The van der Waals surface area contributed by atoms with Crippen molar-refractivity contribution in [3.63, 3.8) is 0 Å². The van der Waals surface area contributed by atoms with E-state index in [9.17, 15) is 9.18 Å². The number of hydrogen-bond acceptors (Lipinski definition) is 2. The molecule has 3 nitrogen and oxygen atoms in total. The summed E-state index contributed by atoms with van der Waals surface area (Å²) >= 11 is 0. The lowest BCUT2D eigenvalue weighted by Gasteiger charge is -2.19. The van der Waals surface area contributed by atoms with Gasteiger partial charge >= 0.3 is 0 Å². The highest BCUT2D eigenvalue weighted by Gasteiger charge is 2.12. The molecule has 0 aliphatic rings. The van der Waals surface area contributed by atoms with E-state index in [2.05, 4.69) is 17.6 Å². The van der Waals surface area contributed by atoms with Crippen LogP contribution < -0.4 is 10.6 Å². The molecule has 1 unspecified atom stereocenters. The topological polar surface area (TPSA) is 41.1 Å². The normalized spacial score (nSPS) is 12.2. The zero-order chi connectivity index (χ0) is 14.8. The van der Waals surface area contributed by atoms with E-state index in [-0.39, 0.29) is 17.8 Å². The number of rotatable bonds is 9. The molecule has 112 valence electrons. The lowest BCUT2D eigenvalue weighted by atomic mass is 10.0. The number of nitrogens with one attached hydrogen (secondary N) is 2. The van der Waals surface area contributed by atoms with Gasteiger partial charge in [0.1, 0.15) is 5.82 Å². The van der Waals surface area contributed by atoms with Crippen molar-refractivity contribution in [3.05, 3.63) is 35.6 Å². The van der Waals surface area contributed by atoms with Crippen LogP contribution in [-0.2, 0) is 4.79 Å². The molecule has 2 N–H and O–H groups in total. The fraction of sp³-hybridized carbons (Fsp3) is 0.562. The smallest absolute Gasteiger partial charge is 0.233 e. The predicted molar refractivity (Wildman–Crippen MR) is 80.0 cm³/mol. The zero-order valence-corrected chi connectivity index (χ0v) is 12.4. The van der Waals surface area contributed by atoms with Gasteiger partial charge in [-0.05, 0) is 30.5 Å². The van der Waals surface area contributed by atoms with E-state index in [0.717, 1.165) is 31.2 Å². The molecule has 0 heterocycles. The van der Waals surface area contributed by atoms with Crippen molar-refractivity contribution < 1.29 is 9.18 Å². The minimum atomic E-state index is -0.233. The number of hydrogen-bond donors (Lipinski definition) is 2. The summed E-state index contributed by atoms with van der Waals surface area (Å²) in [4.78, 5) is 11.6. The summed E-state index contributed by atoms with van der Waals surface area (Å²) in [7, 11) is 0. The third-order valence-electron chi connectivity index (χ3n) is 3.20. The largest absolute Gasteiger partial charge is 0.355 e. The summed E-state index contributed by atoms with van der Waals surface area (Å²) in [6.07, 6.45) is 4.05. The molecule has 0 bridgehead atoms. The number of carbonyl (C=O) groups is 1. The summed E-state index contributed by atoms with van der Waals surface area (Å²) in [6.45, 7) is 5.16. The Morgan fingerprint density at radius 3 is 2.50 bits per heavy atom. The minimum Gasteiger partial charge on any atom is -0.355 e. The molecule has 1 aromatic rings. The molecule has 0 saturated carbocycles. The molecular formula is C16H25FN2O. The summed E-state index contributed by atoms with van der Waals surface area (Å²) in [6, 6.07) is 6.60. The first-order valence-corrected chi connectivity index (χ1v) is 7.42. The van der Waals surface area contributed by atoms with Gasteiger partial charge in [0.25, 0.3) is 0 Å². The lowest BCUT2D eigenvalue weighted by molar-refractivity contribution is -0.120. The quantitative estimate of drug-likeness (QED) is 0.729. The molecule has 0 aromatic heterocycles. The van der Waals surface area contributed by atoms with E-state index in [1.54, 1.807) is 12.1 Å². The Hall–Kier alpha value is -1.42. The van der Waals surface area contributed by atoms with Crippen LogP contribution in [0, 0.1) is 5.82 Å². The van der Waals surface area contributed by atoms with Gasteiger partial charge in [0.2, 0.25) is 5.91 Å². The third kappa shape index (κ3) is 6.15. The number of amides is 1. The highest BCUT2D eigenvalue weighted by atomic mass is 19.1. The van der Waals surface area contributed by atoms with Crippen LogP contribution in [0.15, 0.2) is 24.3 Å². The van der Waals surface area contributed by atoms with Crippen molar-refractivity contribution in [1.29, 1.82) is 0 Å². The van der Waals surface area contributed by atoms with Crippen LogP contribution in [-0.4, -0.2) is 19.0 Å². The van der Waals surface area contributed by atoms with Gasteiger partial charge in [0, 0.05) is 12.6 Å². The molecule has 0 spiro atoms. The van der Waals surface area contributed by atoms with Gasteiger partial charge in [0.05, 0.1) is 6.54 Å². The van der Waals surface area contributed by atoms with Crippen LogP contribution in [0.5, 0.6) is 0 Å². The molecular weight excluding hydrogens is 255 g/mol. The van der Waals surface area contributed by atoms with E-state index in [0.29, 0.717) is 13.1 Å². The van der Waals surface area contributed by atoms with Gasteiger partial charge in [-0.15, -0.1) is 0 Å². The zero-order valence-electron chi connectivity index (χ0n) is 12.4. The summed E-state index contributed by atoms with van der Waals surface area (Å²) in [5.41, 5.74) is 1.03. The fourth-order valence-corrected chi connectivity index (χ4v) is 2.03. The van der Waals surface area contributed by atoms with Gasteiger partial charge in [-0.3, -0.25) is 4.79 Å². The van der Waals surface area contributed by atoms with Crippen molar-refractivity contribution in [2.24, 2.45) is 0 Å². The van der Waals surface area contributed by atoms with Gasteiger partial charge < -0.3 is 10.6 Å². The average molecular weight is 280 g/mol. The van der Waals surface area contributed by atoms with E-state index in [1.807, 2.05) is 6.92 Å². The SMILES string of the molecule is CCCCC(NCC(=O)NCCC)c1ccc(F)cc1. The van der Waals surface area contributed by atoms with Crippen molar-refractivity contribution in [3.8, 4) is 0 Å². The Balaban J connectivity index is 2.55. The molecule has 0 aliphatic carbocycles. The molecule has 1 atom stereocenters. The average Bonchev–Trinajstić information content (AvgIpc) is 2.46. The Labute approximate surface area is 121 Å². The highest BCUT2D eigenvalue weighted by molar-refractivity contribution is 5.77. The van der Waals surface area contributed by atoms with Gasteiger partial charge in [-0.2, -0.15) is 0 Å². The van der Waals surface area contributed by atoms with Crippen molar-refractivity contribution >= 4 is 5.91 Å². The maximum atomic E-state index is 13.0. The first-order chi connectivity index (χ1) is 9.67. The lowest BCUT2D eigenvalue weighted by Crippen LogP contribution is -2.36. The van der Waals surface area contributed by atoms with Crippen molar-refractivity contribution in [2.75, 3.05) is 13.1 Å². The first kappa shape index (κ1) is 16.6. The Morgan fingerprint density at radius 1 is 1.20 bits per heavy atom. The number of unbranched alkanes of at least 4 members (excludes halogenated alkanes) is 1. The second-order valence-corrected chi connectivity index (χ2v) is 4.98. The molecule has 0 radical (unpaired) electrons. The second-order valence-electron chi connectivity index (χ2n) is 4.98. The highest BCUT2D eigenvalue weighted by Crippen LogP contribution is 2.19. The fourth-order valence-electron chi connectivity index (χ4n) is 2.03. The van der Waals surface area contributed by atoms with Crippen LogP contribution in [0.2, 0.25) is 0 Å². The number of benzene rings is 1. The van der Waals surface area contributed by atoms with Crippen molar-refractivity contribution in [1.82, 2.24) is 10.6 Å². The van der Waals surface area contributed by atoms with E-state index >= 15 is 0 Å². The van der Waals surface area contributed by atoms with Crippen LogP contribution in [0.3, 0.4) is 0 Å². The van der Waals surface area contributed by atoms with Crippen LogP contribution in [0.25, 0.3) is 0 Å². The predicted octanol–water partition coefficient (Wildman–Crippen LogP) is 3.17. The Bertz CT molecular complexity index is 392. The van der Waals surface area contributed by atoms with Gasteiger partial charge in [-0.25, -0.2) is 4.39 Å². The molecule has 20 heavy (non-hydrogen) atoms. The molecule has 4 heteroatoms. The molecule has 0 fully saturated rings. The Morgan fingerprint density at radius 2 is 1.90 bits per heavy atom. The van der Waals surface area contributed by atoms with Gasteiger partial charge in [-0.1, -0.05) is 38.8 Å². The van der Waals surface area contributed by atoms with Crippen LogP contribution in [0.4, 0.5) is 4.39 Å². The minimum absolute atomic E-state index is 0.00969. The molecule has 1 rings (SSSR count). The molecule has 0 saturated heterocycles. The van der Waals surface area contributed by atoms with E-state index in [4.69, 9.17) is 0 Å². The Kier molecular flexibility index (Phi) is 7.88. The van der Waals surface area contributed by atoms with Crippen molar-refractivity contribution in [2.45, 2.75) is 45.6 Å². The maximum Gasteiger partial charge on any atom is 0.233 e. The van der Waals surface area contributed by atoms with E-state index < -0.39 is 0 Å². The summed E-state index contributed by atoms with van der Waals surface area (Å²) in [5, 5.41) is 6.11. The van der Waals surface area contributed by atoms with E-state index in [1.165, 1.54) is 12.1 Å². The molecule has 0 aliphatic heterocycles.